The molecule has 0 amide bonds. The van der Waals surface area contributed by atoms with Crippen LogP contribution in [-0.4, -0.2) is 0 Å². The fourth-order valence-electron chi connectivity index (χ4n) is 1.39. The van der Waals surface area contributed by atoms with Gasteiger partial charge < -0.3 is 5.73 Å². The molecule has 16 heavy (non-hydrogen) atoms. The van der Waals surface area contributed by atoms with Crippen LogP contribution in [-0.2, 0) is 0 Å². The zero-order chi connectivity index (χ0) is 10.8. The second-order valence-corrected chi connectivity index (χ2v) is 4.75. The Morgan fingerprint density at radius 2 is 2.06 bits per heavy atom. The molecule has 0 bridgehead atoms. The molecular formula is C11H10BrClFNS. The molecular weight excluding hydrogens is 313 g/mol. The molecule has 0 spiro atoms. The van der Waals surface area contributed by atoms with Gasteiger partial charge in [0.05, 0.1) is 10.5 Å². The molecule has 1 heterocycles. The van der Waals surface area contributed by atoms with E-state index in [9.17, 15) is 4.39 Å². The maximum absolute atomic E-state index is 13.3. The largest absolute Gasteiger partial charge is 0.320 e. The molecule has 0 radical (unpaired) electrons. The van der Waals surface area contributed by atoms with Gasteiger partial charge in [0.2, 0.25) is 0 Å². The average Bonchev–Trinajstić information content (AvgIpc) is 2.74. The molecule has 0 fully saturated rings. The molecule has 1 nitrogen and oxygen atoms in total. The first-order chi connectivity index (χ1) is 7.20. The lowest BCUT2D eigenvalue weighted by Gasteiger charge is -2.12. The third-order valence-corrected chi connectivity index (χ3v) is 3.76. The van der Waals surface area contributed by atoms with Crippen molar-refractivity contribution in [1.82, 2.24) is 0 Å². The van der Waals surface area contributed by atoms with E-state index >= 15 is 0 Å². The van der Waals surface area contributed by atoms with Crippen molar-refractivity contribution < 1.29 is 4.39 Å². The van der Waals surface area contributed by atoms with E-state index in [-0.39, 0.29) is 24.3 Å². The zero-order valence-electron chi connectivity index (χ0n) is 8.19. The fourth-order valence-corrected chi connectivity index (χ4v) is 2.60. The summed E-state index contributed by atoms with van der Waals surface area (Å²) >= 11 is 4.80. The fraction of sp³-hybridized carbons (Fsp3) is 0.0909. The van der Waals surface area contributed by atoms with Crippen LogP contribution in [0.1, 0.15) is 17.2 Å². The molecule has 1 aromatic carbocycles. The van der Waals surface area contributed by atoms with Crippen LogP contribution < -0.4 is 5.73 Å². The van der Waals surface area contributed by atoms with Crippen LogP contribution in [0.4, 0.5) is 4.39 Å². The van der Waals surface area contributed by atoms with Crippen molar-refractivity contribution in [3.63, 3.8) is 0 Å². The molecule has 0 aliphatic heterocycles. The van der Waals surface area contributed by atoms with E-state index < -0.39 is 0 Å². The van der Waals surface area contributed by atoms with Gasteiger partial charge in [-0.15, -0.1) is 12.4 Å². The van der Waals surface area contributed by atoms with E-state index in [4.69, 9.17) is 5.73 Å². The highest BCUT2D eigenvalue weighted by Gasteiger charge is 2.14. The van der Waals surface area contributed by atoms with Crippen LogP contribution >= 0.6 is 39.7 Å². The predicted molar refractivity (Wildman–Crippen MR) is 71.7 cm³/mol. The van der Waals surface area contributed by atoms with Crippen molar-refractivity contribution in [3.8, 4) is 0 Å². The van der Waals surface area contributed by atoms with Gasteiger partial charge in [0.25, 0.3) is 0 Å². The number of hydrogen-bond donors (Lipinski definition) is 1. The van der Waals surface area contributed by atoms with E-state index in [0.717, 1.165) is 11.1 Å². The van der Waals surface area contributed by atoms with Crippen molar-refractivity contribution in [3.05, 3.63) is 56.4 Å². The summed E-state index contributed by atoms with van der Waals surface area (Å²) in [6, 6.07) is 6.58. The summed E-state index contributed by atoms with van der Waals surface area (Å²) in [6.07, 6.45) is 0. The highest BCUT2D eigenvalue weighted by atomic mass is 79.9. The topological polar surface area (TPSA) is 26.0 Å². The Labute approximate surface area is 112 Å². The number of nitrogens with two attached hydrogens (primary N) is 1. The number of hydrogen-bond acceptors (Lipinski definition) is 2. The first-order valence-corrected chi connectivity index (χ1v) is 6.15. The minimum Gasteiger partial charge on any atom is -0.320 e. The van der Waals surface area contributed by atoms with E-state index in [1.165, 1.54) is 6.07 Å². The lowest BCUT2D eigenvalue weighted by Crippen LogP contribution is -2.11. The van der Waals surface area contributed by atoms with Gasteiger partial charge in [-0.05, 0) is 49.9 Å². The van der Waals surface area contributed by atoms with Gasteiger partial charge in [-0.25, -0.2) is 4.39 Å². The molecule has 0 saturated carbocycles. The molecule has 2 rings (SSSR count). The van der Waals surface area contributed by atoms with Gasteiger partial charge in [0.15, 0.2) is 0 Å². The maximum Gasteiger partial charge on any atom is 0.137 e. The highest BCUT2D eigenvalue weighted by molar-refractivity contribution is 9.10. The van der Waals surface area contributed by atoms with Gasteiger partial charge in [0, 0.05) is 0 Å². The number of thiophene rings is 1. The van der Waals surface area contributed by atoms with Crippen molar-refractivity contribution in [2.45, 2.75) is 6.04 Å². The Bertz CT molecular complexity index is 461. The van der Waals surface area contributed by atoms with Crippen LogP contribution in [0.3, 0.4) is 0 Å². The molecule has 2 N–H and O–H groups in total. The SMILES string of the molecule is Cl.N[C@@H](c1ccsc1)c1cccc(F)c1Br. The highest BCUT2D eigenvalue weighted by Crippen LogP contribution is 2.29. The molecule has 0 aliphatic rings. The quantitative estimate of drug-likeness (QED) is 0.884. The van der Waals surface area contributed by atoms with Gasteiger partial charge in [-0.1, -0.05) is 12.1 Å². The zero-order valence-corrected chi connectivity index (χ0v) is 11.4. The second kappa shape index (κ2) is 5.77. The van der Waals surface area contributed by atoms with Crippen molar-refractivity contribution in [2.24, 2.45) is 5.73 Å². The second-order valence-electron chi connectivity index (χ2n) is 3.18. The van der Waals surface area contributed by atoms with Crippen LogP contribution in [0.2, 0.25) is 0 Å². The standard InChI is InChI=1S/C11H9BrFNS.ClH/c12-10-8(2-1-3-9(10)13)11(14)7-4-5-15-6-7;/h1-6,11H,14H2;1H/t11-;/m0./s1. The lowest BCUT2D eigenvalue weighted by molar-refractivity contribution is 0.616. The molecule has 1 aromatic heterocycles. The summed E-state index contributed by atoms with van der Waals surface area (Å²) in [4.78, 5) is 0. The third kappa shape index (κ3) is 2.63. The Balaban J connectivity index is 0.00000128. The Morgan fingerprint density at radius 1 is 1.31 bits per heavy atom. The maximum atomic E-state index is 13.3. The van der Waals surface area contributed by atoms with Crippen LogP contribution in [0.25, 0.3) is 0 Å². The van der Waals surface area contributed by atoms with Gasteiger partial charge in [0.1, 0.15) is 5.82 Å². The van der Waals surface area contributed by atoms with E-state index in [1.807, 2.05) is 22.9 Å². The minimum atomic E-state index is -0.279. The first kappa shape index (κ1) is 13.6. The summed E-state index contributed by atoms with van der Waals surface area (Å²) in [5.41, 5.74) is 7.82. The Morgan fingerprint density at radius 3 is 2.69 bits per heavy atom. The van der Waals surface area contributed by atoms with Gasteiger partial charge in [-0.2, -0.15) is 11.3 Å². The molecule has 2 aromatic rings. The lowest BCUT2D eigenvalue weighted by atomic mass is 10.0. The summed E-state index contributed by atoms with van der Waals surface area (Å²) in [5.74, 6) is -0.279. The summed E-state index contributed by atoms with van der Waals surface area (Å²) < 4.78 is 13.7. The molecule has 0 saturated heterocycles. The molecule has 5 heteroatoms. The third-order valence-electron chi connectivity index (χ3n) is 2.22. The molecule has 0 unspecified atom stereocenters. The van der Waals surface area contributed by atoms with Crippen molar-refractivity contribution in [1.29, 1.82) is 0 Å². The van der Waals surface area contributed by atoms with E-state index in [2.05, 4.69) is 15.9 Å². The predicted octanol–water partition coefficient (Wildman–Crippen LogP) is 4.12. The monoisotopic (exact) mass is 321 g/mol. The smallest absolute Gasteiger partial charge is 0.137 e. The summed E-state index contributed by atoms with van der Waals surface area (Å²) in [7, 11) is 0. The van der Waals surface area contributed by atoms with Crippen LogP contribution in [0.5, 0.6) is 0 Å². The summed E-state index contributed by atoms with van der Waals surface area (Å²) in [5, 5.41) is 3.93. The van der Waals surface area contributed by atoms with Crippen LogP contribution in [0, 0.1) is 5.82 Å². The van der Waals surface area contributed by atoms with Gasteiger partial charge >= 0.3 is 0 Å². The van der Waals surface area contributed by atoms with Crippen molar-refractivity contribution in [2.75, 3.05) is 0 Å². The number of benzene rings is 1. The Hall–Kier alpha value is -0.420. The first-order valence-electron chi connectivity index (χ1n) is 4.41. The normalized spacial score (nSPS) is 11.9. The molecule has 0 aliphatic carbocycles. The number of rotatable bonds is 2. The van der Waals surface area contributed by atoms with Gasteiger partial charge in [-0.3, -0.25) is 0 Å². The van der Waals surface area contributed by atoms with Crippen molar-refractivity contribution >= 4 is 39.7 Å². The average molecular weight is 323 g/mol. The summed E-state index contributed by atoms with van der Waals surface area (Å²) in [6.45, 7) is 0. The number of halogens is 3. The van der Waals surface area contributed by atoms with E-state index in [0.29, 0.717) is 4.47 Å². The minimum absolute atomic E-state index is 0. The van der Waals surface area contributed by atoms with Crippen LogP contribution in [0.15, 0.2) is 39.5 Å². The van der Waals surface area contributed by atoms with E-state index in [1.54, 1.807) is 17.4 Å². The molecule has 86 valence electrons. The Kier molecular flexibility index (Phi) is 4.92. The molecule has 1 atom stereocenters.